The van der Waals surface area contributed by atoms with Gasteiger partial charge in [-0.1, -0.05) is 0 Å². The predicted octanol–water partition coefficient (Wildman–Crippen LogP) is 2.32. The third-order valence-corrected chi connectivity index (χ3v) is 5.76. The van der Waals surface area contributed by atoms with Gasteiger partial charge < -0.3 is 20.3 Å². The number of benzene rings is 1. The number of carbonyl (C=O) groups is 3. The van der Waals surface area contributed by atoms with Crippen LogP contribution in [0.2, 0.25) is 0 Å². The van der Waals surface area contributed by atoms with Gasteiger partial charge in [0.2, 0.25) is 0 Å². The van der Waals surface area contributed by atoms with Crippen LogP contribution in [0.1, 0.15) is 55.1 Å². The van der Waals surface area contributed by atoms with Gasteiger partial charge in [-0.25, -0.2) is 0 Å². The van der Waals surface area contributed by atoms with E-state index in [0.29, 0.717) is 5.70 Å². The molecule has 1 fully saturated rings. The van der Waals surface area contributed by atoms with E-state index in [4.69, 9.17) is 4.74 Å². The monoisotopic (exact) mass is 383 g/mol. The Morgan fingerprint density at radius 1 is 1.21 bits per heavy atom. The van der Waals surface area contributed by atoms with Gasteiger partial charge in [0.25, 0.3) is 0 Å². The number of ether oxygens (including phenoxy) is 1. The highest BCUT2D eigenvalue weighted by Gasteiger charge is 2.56. The first-order valence-electron chi connectivity index (χ1n) is 9.15. The molecule has 0 radical (unpaired) electrons. The molecule has 0 saturated heterocycles. The molecule has 1 atom stereocenters. The molecule has 1 saturated carbocycles. The van der Waals surface area contributed by atoms with E-state index in [1.807, 2.05) is 0 Å². The summed E-state index contributed by atoms with van der Waals surface area (Å²) < 4.78 is 5.72. The van der Waals surface area contributed by atoms with Crippen LogP contribution in [0.15, 0.2) is 23.1 Å². The zero-order chi connectivity index (χ0) is 20.5. The minimum absolute atomic E-state index is 0.0177. The Bertz CT molecular complexity index is 1040. The summed E-state index contributed by atoms with van der Waals surface area (Å²) in [4.78, 5) is 38.3. The second-order valence-electron chi connectivity index (χ2n) is 7.81. The fraction of sp³-hybridized carbons (Fsp3) is 0.381. The van der Waals surface area contributed by atoms with Crippen molar-refractivity contribution in [2.45, 2.75) is 52.0 Å². The Hall–Kier alpha value is -3.09. The molecule has 4 rings (SSSR count). The maximum Gasteiger partial charge on any atom is 0.194 e. The Labute approximate surface area is 161 Å². The largest absolute Gasteiger partial charge is 0.507 e. The molecular formula is C21H21NO6. The first kappa shape index (κ1) is 18.3. The smallest absolute Gasteiger partial charge is 0.194 e. The van der Waals surface area contributed by atoms with Crippen LogP contribution in [-0.2, 0) is 15.0 Å². The number of ketones is 3. The Balaban J connectivity index is 1.98. The highest BCUT2D eigenvalue weighted by atomic mass is 16.5. The zero-order valence-electron chi connectivity index (χ0n) is 16.1. The van der Waals surface area contributed by atoms with Crippen molar-refractivity contribution in [2.24, 2.45) is 0 Å². The van der Waals surface area contributed by atoms with Gasteiger partial charge in [-0.2, -0.15) is 0 Å². The van der Waals surface area contributed by atoms with E-state index in [1.54, 1.807) is 13.8 Å². The first-order valence-corrected chi connectivity index (χ1v) is 9.15. The molecule has 1 aromatic rings. The van der Waals surface area contributed by atoms with Gasteiger partial charge in [0, 0.05) is 23.4 Å². The summed E-state index contributed by atoms with van der Waals surface area (Å²) in [7, 11) is 0. The van der Waals surface area contributed by atoms with E-state index in [0.717, 1.165) is 12.8 Å². The molecule has 7 heteroatoms. The van der Waals surface area contributed by atoms with Crippen LogP contribution in [0.3, 0.4) is 0 Å². The zero-order valence-corrected chi connectivity index (χ0v) is 16.1. The highest BCUT2D eigenvalue weighted by molar-refractivity contribution is 6.31. The molecule has 0 amide bonds. The van der Waals surface area contributed by atoms with Gasteiger partial charge in [0.05, 0.1) is 11.1 Å². The van der Waals surface area contributed by atoms with Gasteiger partial charge in [0.15, 0.2) is 17.3 Å². The molecule has 3 N–H and O–H groups in total. The van der Waals surface area contributed by atoms with Crippen molar-refractivity contribution < 1.29 is 29.3 Å². The molecule has 1 heterocycles. The molecule has 0 aromatic heterocycles. The molecule has 0 spiro atoms. The number of phenolic OH excluding ortho intramolecular Hbond substituents is 2. The van der Waals surface area contributed by atoms with Crippen molar-refractivity contribution in [3.63, 3.8) is 0 Å². The molecule has 1 aromatic carbocycles. The standard InChI is InChI=1S/C21H21NO6/c1-8-17(25)15(10(3)23)19-16(18(8)26)21(4)13(28-19)7-12(24)14(20(21)27)9(2)22-11-5-6-11/h7,11,22,25-26H,5-6H2,1-4H3/b14-9+/t21-/m1/s1. The number of hydrogen-bond acceptors (Lipinski definition) is 7. The lowest BCUT2D eigenvalue weighted by Gasteiger charge is -2.29. The topological polar surface area (TPSA) is 113 Å². The summed E-state index contributed by atoms with van der Waals surface area (Å²) in [5.74, 6) is -2.21. The van der Waals surface area contributed by atoms with E-state index in [1.165, 1.54) is 19.9 Å². The van der Waals surface area contributed by atoms with Crippen molar-refractivity contribution in [2.75, 3.05) is 0 Å². The van der Waals surface area contributed by atoms with Gasteiger partial charge in [-0.15, -0.1) is 0 Å². The molecule has 28 heavy (non-hydrogen) atoms. The van der Waals surface area contributed by atoms with Crippen LogP contribution >= 0.6 is 0 Å². The lowest BCUT2D eigenvalue weighted by molar-refractivity contribution is -0.123. The van der Waals surface area contributed by atoms with E-state index in [9.17, 15) is 24.6 Å². The predicted molar refractivity (Wildman–Crippen MR) is 99.4 cm³/mol. The van der Waals surface area contributed by atoms with Crippen molar-refractivity contribution >= 4 is 17.3 Å². The number of aromatic hydroxyl groups is 2. The van der Waals surface area contributed by atoms with Gasteiger partial charge in [0.1, 0.15) is 34.0 Å². The summed E-state index contributed by atoms with van der Waals surface area (Å²) in [6.45, 7) is 5.96. The number of carbonyl (C=O) groups excluding carboxylic acids is 3. The molecule has 146 valence electrons. The van der Waals surface area contributed by atoms with Crippen LogP contribution in [0.25, 0.3) is 0 Å². The summed E-state index contributed by atoms with van der Waals surface area (Å²) >= 11 is 0. The molecule has 3 aliphatic rings. The molecular weight excluding hydrogens is 362 g/mol. The van der Waals surface area contributed by atoms with Gasteiger partial charge in [-0.3, -0.25) is 14.4 Å². The molecule has 7 nitrogen and oxygen atoms in total. The second kappa shape index (κ2) is 5.70. The fourth-order valence-electron chi connectivity index (χ4n) is 3.97. The Morgan fingerprint density at radius 3 is 2.43 bits per heavy atom. The SMILES string of the molecule is CC(=O)c1c(O)c(C)c(O)c2c1OC1=CC(=O)/C(=C(/C)NC3CC3)C(=O)[C@]12C. The van der Waals surface area contributed by atoms with E-state index in [-0.39, 0.29) is 45.6 Å². The summed E-state index contributed by atoms with van der Waals surface area (Å²) in [5, 5.41) is 24.3. The molecule has 2 aliphatic carbocycles. The Morgan fingerprint density at radius 2 is 1.86 bits per heavy atom. The fourth-order valence-corrected chi connectivity index (χ4v) is 3.97. The average molecular weight is 383 g/mol. The van der Waals surface area contributed by atoms with Gasteiger partial charge >= 0.3 is 0 Å². The third-order valence-electron chi connectivity index (χ3n) is 5.76. The Kier molecular flexibility index (Phi) is 3.72. The van der Waals surface area contributed by atoms with E-state index in [2.05, 4.69) is 5.32 Å². The maximum absolute atomic E-state index is 13.5. The number of hydrogen-bond donors (Lipinski definition) is 3. The van der Waals surface area contributed by atoms with E-state index < -0.39 is 28.5 Å². The quantitative estimate of drug-likeness (QED) is 0.417. The minimum atomic E-state index is -1.46. The third kappa shape index (κ3) is 2.25. The van der Waals surface area contributed by atoms with Crippen LogP contribution in [0, 0.1) is 6.92 Å². The number of nitrogens with one attached hydrogen (secondary N) is 1. The number of rotatable bonds is 3. The number of Topliss-reactive ketones (excluding diaryl/α,β-unsaturated/α-hetero) is 2. The molecule has 0 unspecified atom stereocenters. The normalized spacial score (nSPS) is 24.9. The number of phenols is 2. The van der Waals surface area contributed by atoms with E-state index >= 15 is 0 Å². The summed E-state index contributed by atoms with van der Waals surface area (Å²) in [6, 6.07) is 0.260. The first-order chi connectivity index (χ1) is 13.1. The van der Waals surface area contributed by atoms with Crippen LogP contribution in [0.5, 0.6) is 17.2 Å². The summed E-state index contributed by atoms with van der Waals surface area (Å²) in [6.07, 6.45) is 3.20. The maximum atomic E-state index is 13.5. The number of fused-ring (bicyclic) bond motifs is 3. The molecule has 1 aliphatic heterocycles. The summed E-state index contributed by atoms with van der Waals surface area (Å²) in [5.41, 5.74) is -0.877. The van der Waals surface area contributed by atoms with Gasteiger partial charge in [-0.05, 0) is 40.5 Å². The van der Waals surface area contributed by atoms with Crippen LogP contribution in [-0.4, -0.2) is 33.6 Å². The number of allylic oxidation sites excluding steroid dienone is 4. The highest BCUT2D eigenvalue weighted by Crippen LogP contribution is 2.57. The van der Waals surface area contributed by atoms with Crippen LogP contribution < -0.4 is 10.1 Å². The van der Waals surface area contributed by atoms with Crippen LogP contribution in [0.4, 0.5) is 0 Å². The minimum Gasteiger partial charge on any atom is -0.507 e. The lowest BCUT2D eigenvalue weighted by Crippen LogP contribution is -2.41. The van der Waals surface area contributed by atoms with Crippen molar-refractivity contribution in [1.82, 2.24) is 5.32 Å². The second-order valence-corrected chi connectivity index (χ2v) is 7.81. The lowest BCUT2D eigenvalue weighted by atomic mass is 9.70. The van der Waals surface area contributed by atoms with Crippen molar-refractivity contribution in [3.05, 3.63) is 39.8 Å². The molecule has 0 bridgehead atoms. The van der Waals surface area contributed by atoms with Crippen molar-refractivity contribution in [3.8, 4) is 17.2 Å². The average Bonchev–Trinajstić information content (AvgIpc) is 3.36. The van der Waals surface area contributed by atoms with Crippen molar-refractivity contribution in [1.29, 1.82) is 0 Å².